The molecule has 0 aromatic heterocycles. The summed E-state index contributed by atoms with van der Waals surface area (Å²) in [4.78, 5) is 2.35. The Kier molecular flexibility index (Phi) is 7.51. The lowest BCUT2D eigenvalue weighted by molar-refractivity contribution is 0.660. The summed E-state index contributed by atoms with van der Waals surface area (Å²) in [5.41, 5.74) is 15.5. The zero-order valence-electron chi connectivity index (χ0n) is 28.8. The maximum Gasteiger partial charge on any atom is 0.0488 e. The zero-order valence-corrected chi connectivity index (χ0v) is 28.8. The van der Waals surface area contributed by atoms with Crippen molar-refractivity contribution in [2.24, 2.45) is 0 Å². The van der Waals surface area contributed by atoms with Crippen LogP contribution < -0.4 is 10.2 Å². The Morgan fingerprint density at radius 3 is 1.76 bits per heavy atom. The predicted octanol–water partition coefficient (Wildman–Crippen LogP) is 13.7. The summed E-state index contributed by atoms with van der Waals surface area (Å²) >= 11 is 0. The summed E-state index contributed by atoms with van der Waals surface area (Å²) in [6.45, 7) is 4.67. The van der Waals surface area contributed by atoms with E-state index in [0.29, 0.717) is 0 Å². The average molecular weight is 655 g/mol. The Morgan fingerprint density at radius 1 is 0.412 bits per heavy atom. The number of para-hydroxylation sites is 2. The monoisotopic (exact) mass is 654 g/mol. The van der Waals surface area contributed by atoms with E-state index in [0.717, 1.165) is 34.0 Å². The normalized spacial score (nSPS) is 12.7. The SMILES string of the molecule is CC1(C)c2ccccc2-c2ccc(Nc3cc(-c4ccc5ccccc5c4-c4ccccc4)cc(N(c4ccccc4)c4ccccc4)c3)cc21. The van der Waals surface area contributed by atoms with Gasteiger partial charge in [0.15, 0.2) is 0 Å². The Balaban J connectivity index is 1.25. The van der Waals surface area contributed by atoms with E-state index in [9.17, 15) is 0 Å². The molecule has 1 aliphatic rings. The summed E-state index contributed by atoms with van der Waals surface area (Å²) in [6.07, 6.45) is 0. The molecule has 0 fully saturated rings. The molecule has 0 saturated carbocycles. The van der Waals surface area contributed by atoms with Crippen molar-refractivity contribution in [3.8, 4) is 33.4 Å². The van der Waals surface area contributed by atoms with Gasteiger partial charge in [-0.25, -0.2) is 0 Å². The Labute approximate surface area is 300 Å². The highest BCUT2D eigenvalue weighted by Crippen LogP contribution is 2.50. The van der Waals surface area contributed by atoms with Crippen molar-refractivity contribution in [1.82, 2.24) is 0 Å². The smallest absolute Gasteiger partial charge is 0.0488 e. The van der Waals surface area contributed by atoms with Crippen molar-refractivity contribution >= 4 is 39.2 Å². The molecule has 8 aromatic carbocycles. The first-order valence-electron chi connectivity index (χ1n) is 17.7. The molecule has 0 spiro atoms. The van der Waals surface area contributed by atoms with Crippen LogP contribution in [0.4, 0.5) is 28.4 Å². The van der Waals surface area contributed by atoms with Gasteiger partial charge in [-0.1, -0.05) is 147 Å². The largest absolute Gasteiger partial charge is 0.355 e. The molecule has 1 aliphatic carbocycles. The Morgan fingerprint density at radius 2 is 1.02 bits per heavy atom. The number of nitrogens with zero attached hydrogens (tertiary/aromatic N) is 1. The molecule has 0 unspecified atom stereocenters. The second kappa shape index (κ2) is 12.5. The van der Waals surface area contributed by atoms with E-state index in [2.05, 4.69) is 212 Å². The number of anilines is 5. The predicted molar refractivity (Wildman–Crippen MR) is 217 cm³/mol. The van der Waals surface area contributed by atoms with Crippen molar-refractivity contribution in [1.29, 1.82) is 0 Å². The molecule has 0 bridgehead atoms. The molecule has 51 heavy (non-hydrogen) atoms. The summed E-state index contributed by atoms with van der Waals surface area (Å²) in [5, 5.41) is 6.34. The van der Waals surface area contributed by atoms with Gasteiger partial charge in [0, 0.05) is 33.9 Å². The van der Waals surface area contributed by atoms with Crippen LogP contribution in [0.3, 0.4) is 0 Å². The van der Waals surface area contributed by atoms with Crippen LogP contribution in [-0.4, -0.2) is 0 Å². The van der Waals surface area contributed by atoms with Crippen LogP contribution in [0.1, 0.15) is 25.0 Å². The quantitative estimate of drug-likeness (QED) is 0.184. The molecule has 0 amide bonds. The van der Waals surface area contributed by atoms with Gasteiger partial charge in [0.1, 0.15) is 0 Å². The first kappa shape index (κ1) is 30.7. The summed E-state index contributed by atoms with van der Waals surface area (Å²) in [5.74, 6) is 0. The fourth-order valence-corrected chi connectivity index (χ4v) is 7.95. The number of hydrogen-bond donors (Lipinski definition) is 1. The highest BCUT2D eigenvalue weighted by molar-refractivity contribution is 6.05. The second-order valence-electron chi connectivity index (χ2n) is 13.9. The molecule has 0 heterocycles. The third-order valence-corrected chi connectivity index (χ3v) is 10.4. The molecule has 1 N–H and O–H groups in total. The van der Waals surface area contributed by atoms with Gasteiger partial charge < -0.3 is 10.2 Å². The maximum atomic E-state index is 3.88. The fourth-order valence-electron chi connectivity index (χ4n) is 7.95. The number of fused-ring (bicyclic) bond motifs is 4. The fraction of sp³-hybridized carbons (Fsp3) is 0.0612. The summed E-state index contributed by atoms with van der Waals surface area (Å²) in [6, 6.07) is 67.9. The van der Waals surface area contributed by atoms with Gasteiger partial charge in [0.25, 0.3) is 0 Å². The topological polar surface area (TPSA) is 15.3 Å². The first-order valence-corrected chi connectivity index (χ1v) is 17.7. The number of benzene rings is 8. The van der Waals surface area contributed by atoms with Crippen LogP contribution >= 0.6 is 0 Å². The highest BCUT2D eigenvalue weighted by Gasteiger charge is 2.35. The van der Waals surface area contributed by atoms with E-state index in [1.54, 1.807) is 0 Å². The standard InChI is InChI=1S/C49H38N2/c1-49(2)46-25-15-14-24-44(46)45-29-27-37(33-47(45)49)50-38-30-36(31-41(32-38)51(39-19-8-4-9-20-39)40-21-10-5-11-22-40)43-28-26-34-16-12-13-23-42(34)48(43)35-17-6-3-7-18-35/h3-33,50H,1-2H3. The molecule has 2 heteroatoms. The van der Waals surface area contributed by atoms with Crippen LogP contribution in [0, 0.1) is 0 Å². The van der Waals surface area contributed by atoms with Crippen LogP contribution in [0.2, 0.25) is 0 Å². The maximum absolute atomic E-state index is 3.88. The lowest BCUT2D eigenvalue weighted by Gasteiger charge is -2.27. The van der Waals surface area contributed by atoms with E-state index in [4.69, 9.17) is 0 Å². The van der Waals surface area contributed by atoms with Gasteiger partial charge in [-0.3, -0.25) is 0 Å². The van der Waals surface area contributed by atoms with E-state index >= 15 is 0 Å². The minimum absolute atomic E-state index is 0.0796. The van der Waals surface area contributed by atoms with E-state index in [1.807, 2.05) is 0 Å². The van der Waals surface area contributed by atoms with Gasteiger partial charge in [-0.15, -0.1) is 0 Å². The number of rotatable bonds is 7. The average Bonchev–Trinajstić information content (AvgIpc) is 3.41. The summed E-state index contributed by atoms with van der Waals surface area (Å²) in [7, 11) is 0. The molecule has 244 valence electrons. The third-order valence-electron chi connectivity index (χ3n) is 10.4. The van der Waals surface area contributed by atoms with Gasteiger partial charge in [-0.2, -0.15) is 0 Å². The van der Waals surface area contributed by atoms with Crippen LogP contribution in [0.5, 0.6) is 0 Å². The van der Waals surface area contributed by atoms with Crippen molar-refractivity contribution in [2.45, 2.75) is 19.3 Å². The Bertz CT molecular complexity index is 2480. The Hall–Kier alpha value is -6.38. The van der Waals surface area contributed by atoms with Crippen molar-refractivity contribution in [3.05, 3.63) is 199 Å². The van der Waals surface area contributed by atoms with Gasteiger partial charge in [0.2, 0.25) is 0 Å². The molecule has 8 aromatic rings. The van der Waals surface area contributed by atoms with Crippen molar-refractivity contribution < 1.29 is 0 Å². The minimum Gasteiger partial charge on any atom is -0.355 e. The first-order chi connectivity index (χ1) is 25.0. The van der Waals surface area contributed by atoms with E-state index < -0.39 is 0 Å². The van der Waals surface area contributed by atoms with Crippen LogP contribution in [0.15, 0.2) is 188 Å². The van der Waals surface area contributed by atoms with Crippen molar-refractivity contribution in [3.63, 3.8) is 0 Å². The van der Waals surface area contributed by atoms with E-state index in [1.165, 1.54) is 49.7 Å². The van der Waals surface area contributed by atoms with Crippen LogP contribution in [-0.2, 0) is 5.41 Å². The van der Waals surface area contributed by atoms with Gasteiger partial charge in [0.05, 0.1) is 0 Å². The number of nitrogens with one attached hydrogen (secondary N) is 1. The van der Waals surface area contributed by atoms with Gasteiger partial charge in [-0.05, 0) is 110 Å². The van der Waals surface area contributed by atoms with Crippen molar-refractivity contribution in [2.75, 3.05) is 10.2 Å². The molecule has 0 radical (unpaired) electrons. The second-order valence-corrected chi connectivity index (χ2v) is 13.9. The lowest BCUT2D eigenvalue weighted by atomic mass is 9.82. The third kappa shape index (κ3) is 5.46. The zero-order chi connectivity index (χ0) is 34.4. The lowest BCUT2D eigenvalue weighted by Crippen LogP contribution is -2.15. The molecular weight excluding hydrogens is 617 g/mol. The molecule has 9 rings (SSSR count). The van der Waals surface area contributed by atoms with Gasteiger partial charge >= 0.3 is 0 Å². The highest BCUT2D eigenvalue weighted by atomic mass is 15.1. The number of hydrogen-bond acceptors (Lipinski definition) is 2. The molecule has 0 saturated heterocycles. The molecule has 2 nitrogen and oxygen atoms in total. The molecule has 0 atom stereocenters. The molecule has 0 aliphatic heterocycles. The molecular formula is C49H38N2. The van der Waals surface area contributed by atoms with E-state index in [-0.39, 0.29) is 5.41 Å². The summed E-state index contributed by atoms with van der Waals surface area (Å²) < 4.78 is 0. The van der Waals surface area contributed by atoms with Crippen LogP contribution in [0.25, 0.3) is 44.2 Å². The minimum atomic E-state index is -0.0796.